The first-order valence-corrected chi connectivity index (χ1v) is 4.03. The molecule has 2 rings (SSSR count). The molecule has 2 aromatic heterocycles. The topological polar surface area (TPSA) is 71.5 Å². The molecule has 0 aliphatic rings. The molecule has 2 heterocycles. The minimum Gasteiger partial charge on any atom is -0.305 e. The molecule has 0 unspecified atom stereocenters. The quantitative estimate of drug-likeness (QED) is 0.684. The van der Waals surface area contributed by atoms with E-state index in [1.807, 2.05) is 0 Å². The van der Waals surface area contributed by atoms with E-state index < -0.39 is 0 Å². The summed E-state index contributed by atoms with van der Waals surface area (Å²) in [6.45, 7) is 0. The van der Waals surface area contributed by atoms with Crippen LogP contribution in [-0.4, -0.2) is 19.6 Å². The monoisotopic (exact) mass is 180 g/mol. The van der Waals surface area contributed by atoms with Crippen LogP contribution >= 0.6 is 11.5 Å². The molecule has 0 aliphatic heterocycles. The number of hydrogen-bond donors (Lipinski definition) is 1. The highest BCUT2D eigenvalue weighted by atomic mass is 32.1. The smallest absolute Gasteiger partial charge is 0.251 e. The molecule has 1 N–H and O–H groups in total. The summed E-state index contributed by atoms with van der Waals surface area (Å²) in [6, 6.07) is 1.35. The van der Waals surface area contributed by atoms with Gasteiger partial charge in [-0.2, -0.15) is 0 Å². The van der Waals surface area contributed by atoms with Crippen LogP contribution in [0.25, 0.3) is 11.5 Å². The van der Waals surface area contributed by atoms with Crippen LogP contribution in [0, 0.1) is 0 Å². The molecule has 0 amide bonds. The first kappa shape index (κ1) is 7.11. The fraction of sp³-hybridized carbons (Fsp3) is 0. The lowest BCUT2D eigenvalue weighted by atomic mass is 10.4. The molecule has 0 fully saturated rings. The van der Waals surface area contributed by atoms with Gasteiger partial charge in [-0.25, -0.2) is 4.98 Å². The zero-order chi connectivity index (χ0) is 8.39. The molecule has 0 atom stereocenters. The van der Waals surface area contributed by atoms with Gasteiger partial charge >= 0.3 is 0 Å². The third-order valence-electron chi connectivity index (χ3n) is 1.27. The number of aromatic amines is 1. The molecule has 0 radical (unpaired) electrons. The van der Waals surface area contributed by atoms with Gasteiger partial charge in [-0.15, -0.1) is 5.10 Å². The Hall–Kier alpha value is -1.56. The van der Waals surface area contributed by atoms with Gasteiger partial charge in [0.1, 0.15) is 5.69 Å². The van der Waals surface area contributed by atoms with E-state index in [9.17, 15) is 4.79 Å². The van der Waals surface area contributed by atoms with E-state index in [0.717, 1.165) is 0 Å². The Morgan fingerprint density at radius 1 is 1.50 bits per heavy atom. The Labute approximate surface area is 71.3 Å². The highest BCUT2D eigenvalue weighted by Gasteiger charge is 2.01. The van der Waals surface area contributed by atoms with Crippen LogP contribution < -0.4 is 5.56 Å². The fourth-order valence-corrected chi connectivity index (χ4v) is 1.21. The van der Waals surface area contributed by atoms with Gasteiger partial charge in [-0.1, -0.05) is 4.49 Å². The Balaban J connectivity index is 2.55. The van der Waals surface area contributed by atoms with Crippen molar-refractivity contribution in [3.8, 4) is 11.5 Å². The van der Waals surface area contributed by atoms with Crippen LogP contribution in [0.2, 0.25) is 0 Å². The summed E-state index contributed by atoms with van der Waals surface area (Å²) in [5.74, 6) is 0.455. The first-order chi connectivity index (χ1) is 5.86. The summed E-state index contributed by atoms with van der Waals surface area (Å²) >= 11 is 1.22. The normalized spacial score (nSPS) is 10.0. The largest absolute Gasteiger partial charge is 0.305 e. The predicted octanol–water partition coefficient (Wildman–Crippen LogP) is 0.288. The summed E-state index contributed by atoms with van der Waals surface area (Å²) in [6.07, 6.45) is 1.44. The number of nitrogens with one attached hydrogen (secondary N) is 1. The van der Waals surface area contributed by atoms with Gasteiger partial charge in [0.05, 0.1) is 0 Å². The number of H-pyrrole nitrogens is 1. The Bertz CT molecular complexity index is 421. The summed E-state index contributed by atoms with van der Waals surface area (Å²) in [5.41, 5.74) is 0.408. The van der Waals surface area contributed by atoms with Crippen molar-refractivity contribution < 1.29 is 0 Å². The number of aromatic nitrogens is 4. The van der Waals surface area contributed by atoms with Crippen LogP contribution in [-0.2, 0) is 0 Å². The van der Waals surface area contributed by atoms with Crippen molar-refractivity contribution in [1.82, 2.24) is 19.6 Å². The summed E-state index contributed by atoms with van der Waals surface area (Å²) in [7, 11) is 0. The van der Waals surface area contributed by atoms with Crippen molar-refractivity contribution >= 4 is 11.5 Å². The SMILES string of the molecule is O=c1ccnc(-c2csnn2)[nH]1. The molecule has 2 aromatic rings. The molecule has 0 bridgehead atoms. The van der Waals surface area contributed by atoms with E-state index in [2.05, 4.69) is 19.6 Å². The van der Waals surface area contributed by atoms with Gasteiger partial charge in [0.15, 0.2) is 5.82 Å². The Morgan fingerprint density at radius 2 is 2.42 bits per heavy atom. The Kier molecular flexibility index (Phi) is 1.67. The maximum atomic E-state index is 10.8. The van der Waals surface area contributed by atoms with E-state index in [-0.39, 0.29) is 5.56 Å². The molecule has 0 saturated carbocycles. The van der Waals surface area contributed by atoms with E-state index in [1.165, 1.54) is 23.8 Å². The number of rotatable bonds is 1. The summed E-state index contributed by atoms with van der Waals surface area (Å²) in [4.78, 5) is 17.3. The molecule has 0 spiro atoms. The van der Waals surface area contributed by atoms with Crippen molar-refractivity contribution in [3.05, 3.63) is 28.0 Å². The minimum atomic E-state index is -0.187. The first-order valence-electron chi connectivity index (χ1n) is 3.19. The van der Waals surface area contributed by atoms with Crippen molar-refractivity contribution in [2.75, 3.05) is 0 Å². The third-order valence-corrected chi connectivity index (χ3v) is 1.78. The van der Waals surface area contributed by atoms with Gasteiger partial charge in [0.25, 0.3) is 5.56 Å². The van der Waals surface area contributed by atoms with Crippen molar-refractivity contribution in [1.29, 1.82) is 0 Å². The van der Waals surface area contributed by atoms with Crippen molar-refractivity contribution in [2.24, 2.45) is 0 Å². The van der Waals surface area contributed by atoms with Crippen molar-refractivity contribution in [3.63, 3.8) is 0 Å². The summed E-state index contributed by atoms with van der Waals surface area (Å²) in [5, 5.41) is 5.48. The second-order valence-corrected chi connectivity index (χ2v) is 2.68. The van der Waals surface area contributed by atoms with E-state index in [0.29, 0.717) is 11.5 Å². The van der Waals surface area contributed by atoms with Crippen LogP contribution in [0.15, 0.2) is 22.4 Å². The lowest BCUT2D eigenvalue weighted by Gasteiger charge is -1.90. The zero-order valence-electron chi connectivity index (χ0n) is 5.89. The maximum absolute atomic E-state index is 10.8. The van der Waals surface area contributed by atoms with Crippen molar-refractivity contribution in [2.45, 2.75) is 0 Å². The zero-order valence-corrected chi connectivity index (χ0v) is 6.71. The van der Waals surface area contributed by atoms with E-state index >= 15 is 0 Å². The third kappa shape index (κ3) is 1.24. The van der Waals surface area contributed by atoms with Gasteiger partial charge in [0, 0.05) is 17.6 Å². The van der Waals surface area contributed by atoms with Gasteiger partial charge in [-0.05, 0) is 11.5 Å². The molecule has 6 heteroatoms. The molecule has 60 valence electrons. The van der Waals surface area contributed by atoms with Gasteiger partial charge in [-0.3, -0.25) is 4.79 Å². The lowest BCUT2D eigenvalue weighted by Crippen LogP contribution is -2.05. The molecule has 0 saturated heterocycles. The van der Waals surface area contributed by atoms with E-state index in [4.69, 9.17) is 0 Å². The standard InChI is InChI=1S/C6H4N4OS/c11-5-1-2-7-6(8-5)4-3-12-10-9-4/h1-3H,(H,7,8,11). The molecular formula is C6H4N4OS. The van der Waals surface area contributed by atoms with Gasteiger partial charge < -0.3 is 4.98 Å². The number of hydrogen-bond acceptors (Lipinski definition) is 5. The molecule has 0 aromatic carbocycles. The highest BCUT2D eigenvalue weighted by molar-refractivity contribution is 7.03. The molecule has 5 nitrogen and oxygen atoms in total. The molecular weight excluding hydrogens is 176 g/mol. The maximum Gasteiger partial charge on any atom is 0.251 e. The lowest BCUT2D eigenvalue weighted by molar-refractivity contribution is 1.07. The average Bonchev–Trinajstić information content (AvgIpc) is 2.56. The second-order valence-electron chi connectivity index (χ2n) is 2.07. The molecule has 0 aliphatic carbocycles. The average molecular weight is 180 g/mol. The van der Waals surface area contributed by atoms with Crippen LogP contribution in [0.3, 0.4) is 0 Å². The Morgan fingerprint density at radius 3 is 3.08 bits per heavy atom. The van der Waals surface area contributed by atoms with E-state index in [1.54, 1.807) is 5.38 Å². The molecule has 12 heavy (non-hydrogen) atoms. The van der Waals surface area contributed by atoms with Crippen LogP contribution in [0.4, 0.5) is 0 Å². The summed E-state index contributed by atoms with van der Waals surface area (Å²) < 4.78 is 3.66. The van der Waals surface area contributed by atoms with Crippen LogP contribution in [0.1, 0.15) is 0 Å². The minimum absolute atomic E-state index is 0.187. The number of nitrogens with zero attached hydrogens (tertiary/aromatic N) is 3. The van der Waals surface area contributed by atoms with Crippen LogP contribution in [0.5, 0.6) is 0 Å². The fourth-order valence-electron chi connectivity index (χ4n) is 0.768. The van der Waals surface area contributed by atoms with Gasteiger partial charge in [0.2, 0.25) is 0 Å². The predicted molar refractivity (Wildman–Crippen MR) is 43.8 cm³/mol. The second kappa shape index (κ2) is 2.82. The highest BCUT2D eigenvalue weighted by Crippen LogP contribution is 2.08.